The van der Waals surface area contributed by atoms with Crippen molar-refractivity contribution in [2.45, 2.75) is 6.92 Å². The Bertz CT molecular complexity index is 360. The molecule has 4 N–H and O–H groups in total. The van der Waals surface area contributed by atoms with Crippen LogP contribution < -0.4 is 16.4 Å². The molecule has 0 saturated carbocycles. The van der Waals surface area contributed by atoms with Crippen LogP contribution in [0.2, 0.25) is 0 Å². The van der Waals surface area contributed by atoms with Gasteiger partial charge in [-0.25, -0.2) is 0 Å². The number of nitrogen functional groups attached to an aromatic ring is 1. The zero-order valence-corrected chi connectivity index (χ0v) is 9.49. The normalized spacial score (nSPS) is 9.67. The summed E-state index contributed by atoms with van der Waals surface area (Å²) >= 11 is 1.36. The first-order chi connectivity index (χ1) is 7.19. The predicted molar refractivity (Wildman–Crippen MR) is 65.4 cm³/mol. The maximum Gasteiger partial charge on any atom is 0.263 e. The summed E-state index contributed by atoms with van der Waals surface area (Å²) in [5.41, 5.74) is 6.24. The van der Waals surface area contributed by atoms with Crippen molar-refractivity contribution < 1.29 is 4.79 Å². The van der Waals surface area contributed by atoms with Crippen LogP contribution in [-0.2, 0) is 0 Å². The average Bonchev–Trinajstić information content (AvgIpc) is 2.57. The van der Waals surface area contributed by atoms with Crippen LogP contribution in [0.15, 0.2) is 18.7 Å². The van der Waals surface area contributed by atoms with Gasteiger partial charge in [0.15, 0.2) is 0 Å². The van der Waals surface area contributed by atoms with Gasteiger partial charge in [-0.1, -0.05) is 6.08 Å². The highest BCUT2D eigenvalue weighted by Gasteiger charge is 2.12. The maximum atomic E-state index is 11.6. The summed E-state index contributed by atoms with van der Waals surface area (Å²) < 4.78 is 0. The van der Waals surface area contributed by atoms with E-state index in [-0.39, 0.29) is 5.91 Å². The predicted octanol–water partition coefficient (Wildman–Crippen LogP) is 1.68. The van der Waals surface area contributed by atoms with E-state index >= 15 is 0 Å². The van der Waals surface area contributed by atoms with Gasteiger partial charge in [-0.05, 0) is 13.0 Å². The standard InChI is InChI=1S/C10H15N3OS/c1-3-5-13-10(14)9-7(11)6-8(15-9)12-4-2/h3,6,12H,1,4-5,11H2,2H3,(H,13,14). The lowest BCUT2D eigenvalue weighted by molar-refractivity contribution is 0.0963. The fourth-order valence-corrected chi connectivity index (χ4v) is 2.05. The Balaban J connectivity index is 2.75. The van der Waals surface area contributed by atoms with Crippen molar-refractivity contribution >= 4 is 27.9 Å². The van der Waals surface area contributed by atoms with Crippen LogP contribution >= 0.6 is 11.3 Å². The van der Waals surface area contributed by atoms with E-state index in [0.29, 0.717) is 17.1 Å². The molecule has 0 saturated heterocycles. The average molecular weight is 225 g/mol. The second-order valence-corrected chi connectivity index (χ2v) is 3.98. The van der Waals surface area contributed by atoms with Crippen molar-refractivity contribution in [3.63, 3.8) is 0 Å². The van der Waals surface area contributed by atoms with E-state index in [2.05, 4.69) is 17.2 Å². The van der Waals surface area contributed by atoms with E-state index in [1.165, 1.54) is 11.3 Å². The largest absolute Gasteiger partial charge is 0.397 e. The molecule has 1 aromatic rings. The molecule has 0 aliphatic carbocycles. The summed E-state index contributed by atoms with van der Waals surface area (Å²) in [7, 11) is 0. The maximum absolute atomic E-state index is 11.6. The van der Waals surface area contributed by atoms with E-state index in [9.17, 15) is 4.79 Å². The molecule has 0 aliphatic heterocycles. The topological polar surface area (TPSA) is 67.2 Å². The lowest BCUT2D eigenvalue weighted by atomic mass is 10.3. The molecular formula is C10H15N3OS. The number of amides is 1. The molecular weight excluding hydrogens is 210 g/mol. The smallest absolute Gasteiger partial charge is 0.263 e. The minimum absolute atomic E-state index is 0.151. The molecule has 82 valence electrons. The highest BCUT2D eigenvalue weighted by molar-refractivity contribution is 7.18. The number of anilines is 2. The van der Waals surface area contributed by atoms with Gasteiger partial charge in [-0.15, -0.1) is 17.9 Å². The van der Waals surface area contributed by atoms with E-state index < -0.39 is 0 Å². The second-order valence-electron chi connectivity index (χ2n) is 2.92. The molecule has 0 radical (unpaired) electrons. The van der Waals surface area contributed by atoms with Gasteiger partial charge >= 0.3 is 0 Å². The van der Waals surface area contributed by atoms with Gasteiger partial charge in [0.1, 0.15) is 4.88 Å². The third-order valence-corrected chi connectivity index (χ3v) is 2.83. The fourth-order valence-electron chi connectivity index (χ4n) is 1.09. The minimum Gasteiger partial charge on any atom is -0.397 e. The quantitative estimate of drug-likeness (QED) is 0.668. The number of nitrogens with one attached hydrogen (secondary N) is 2. The summed E-state index contributed by atoms with van der Waals surface area (Å²) in [6.07, 6.45) is 1.63. The molecule has 0 unspecified atom stereocenters. The van der Waals surface area contributed by atoms with Gasteiger partial charge in [0.25, 0.3) is 5.91 Å². The molecule has 5 heteroatoms. The third kappa shape index (κ3) is 2.99. The number of thiophene rings is 1. The first-order valence-electron chi connectivity index (χ1n) is 4.71. The van der Waals surface area contributed by atoms with Gasteiger partial charge in [-0.3, -0.25) is 4.79 Å². The molecule has 0 spiro atoms. The molecule has 0 aliphatic rings. The lowest BCUT2D eigenvalue weighted by Crippen LogP contribution is -2.22. The Morgan fingerprint density at radius 3 is 3.07 bits per heavy atom. The molecule has 0 fully saturated rings. The summed E-state index contributed by atoms with van der Waals surface area (Å²) in [5.74, 6) is -0.151. The van der Waals surface area contributed by atoms with Gasteiger partial charge in [-0.2, -0.15) is 0 Å². The van der Waals surface area contributed by atoms with E-state index in [0.717, 1.165) is 11.5 Å². The Hall–Kier alpha value is -1.49. The molecule has 15 heavy (non-hydrogen) atoms. The van der Waals surface area contributed by atoms with Crippen molar-refractivity contribution in [1.82, 2.24) is 5.32 Å². The highest BCUT2D eigenvalue weighted by atomic mass is 32.1. The first-order valence-corrected chi connectivity index (χ1v) is 5.53. The Morgan fingerprint density at radius 2 is 2.47 bits per heavy atom. The van der Waals surface area contributed by atoms with Crippen LogP contribution in [0.25, 0.3) is 0 Å². The van der Waals surface area contributed by atoms with Gasteiger partial charge in [0.2, 0.25) is 0 Å². The molecule has 1 rings (SSSR count). The van der Waals surface area contributed by atoms with Crippen molar-refractivity contribution in [1.29, 1.82) is 0 Å². The molecule has 1 aromatic heterocycles. The number of hydrogen-bond donors (Lipinski definition) is 3. The molecule has 0 bridgehead atoms. The van der Waals surface area contributed by atoms with Crippen LogP contribution in [0.4, 0.5) is 10.7 Å². The second kappa shape index (κ2) is 5.41. The molecule has 1 heterocycles. The van der Waals surface area contributed by atoms with Crippen LogP contribution in [0, 0.1) is 0 Å². The van der Waals surface area contributed by atoms with Crippen LogP contribution in [0.3, 0.4) is 0 Å². The lowest BCUT2D eigenvalue weighted by Gasteiger charge is -1.99. The number of hydrogen-bond acceptors (Lipinski definition) is 4. The van der Waals surface area contributed by atoms with Gasteiger partial charge < -0.3 is 16.4 Å². The first kappa shape index (κ1) is 11.6. The van der Waals surface area contributed by atoms with E-state index in [1.807, 2.05) is 6.92 Å². The van der Waals surface area contributed by atoms with Crippen LogP contribution in [0.5, 0.6) is 0 Å². The number of carbonyl (C=O) groups excluding carboxylic acids is 1. The van der Waals surface area contributed by atoms with E-state index in [4.69, 9.17) is 5.73 Å². The molecule has 4 nitrogen and oxygen atoms in total. The Morgan fingerprint density at radius 1 is 1.73 bits per heavy atom. The number of carbonyl (C=O) groups is 1. The summed E-state index contributed by atoms with van der Waals surface area (Å²) in [6.45, 7) is 6.79. The van der Waals surface area contributed by atoms with Crippen molar-refractivity contribution in [3.8, 4) is 0 Å². The Kier molecular flexibility index (Phi) is 4.17. The highest BCUT2D eigenvalue weighted by Crippen LogP contribution is 2.28. The minimum atomic E-state index is -0.151. The molecule has 0 atom stereocenters. The summed E-state index contributed by atoms with van der Waals surface area (Å²) in [4.78, 5) is 12.1. The van der Waals surface area contributed by atoms with E-state index in [1.54, 1.807) is 12.1 Å². The summed E-state index contributed by atoms with van der Waals surface area (Å²) in [5, 5.41) is 6.72. The van der Waals surface area contributed by atoms with Crippen molar-refractivity contribution in [2.24, 2.45) is 0 Å². The van der Waals surface area contributed by atoms with Gasteiger partial charge in [0.05, 0.1) is 10.7 Å². The zero-order valence-electron chi connectivity index (χ0n) is 8.67. The third-order valence-electron chi connectivity index (χ3n) is 1.72. The van der Waals surface area contributed by atoms with Crippen LogP contribution in [-0.4, -0.2) is 19.0 Å². The SMILES string of the molecule is C=CCNC(=O)c1sc(NCC)cc1N. The monoisotopic (exact) mass is 225 g/mol. The number of nitrogens with two attached hydrogens (primary N) is 1. The fraction of sp³-hybridized carbons (Fsp3) is 0.300. The van der Waals surface area contributed by atoms with Gasteiger partial charge in [0, 0.05) is 13.1 Å². The molecule has 1 amide bonds. The summed E-state index contributed by atoms with van der Waals surface area (Å²) in [6, 6.07) is 1.77. The Labute approximate surface area is 93.2 Å². The zero-order chi connectivity index (χ0) is 11.3. The molecule has 0 aromatic carbocycles. The van der Waals surface area contributed by atoms with Crippen LogP contribution in [0.1, 0.15) is 16.6 Å². The van der Waals surface area contributed by atoms with Crippen molar-refractivity contribution in [3.05, 3.63) is 23.6 Å². The van der Waals surface area contributed by atoms with Crippen molar-refractivity contribution in [2.75, 3.05) is 24.1 Å². The number of rotatable bonds is 5.